The van der Waals surface area contributed by atoms with Gasteiger partial charge in [-0.05, 0) is 54.5 Å². The van der Waals surface area contributed by atoms with Gasteiger partial charge in [0.2, 0.25) is 11.8 Å². The molecule has 5 heteroatoms. The maximum absolute atomic E-state index is 13.3. The van der Waals surface area contributed by atoms with E-state index >= 15 is 0 Å². The van der Waals surface area contributed by atoms with Gasteiger partial charge in [-0.2, -0.15) is 0 Å². The maximum Gasteiger partial charge on any atom is 0.244 e. The lowest BCUT2D eigenvalue weighted by atomic mass is 9.91. The van der Waals surface area contributed by atoms with Crippen LogP contribution in [-0.2, 0) is 22.4 Å². The van der Waals surface area contributed by atoms with Gasteiger partial charge in [-0.3, -0.25) is 14.5 Å². The number of benzene rings is 2. The number of carbonyl (C=O) groups is 2. The molecule has 2 aliphatic rings. The molecule has 29 heavy (non-hydrogen) atoms. The van der Waals surface area contributed by atoms with Gasteiger partial charge in [0, 0.05) is 25.3 Å². The van der Waals surface area contributed by atoms with Crippen molar-refractivity contribution in [3.05, 3.63) is 65.2 Å². The average Bonchev–Trinajstić information content (AvgIpc) is 3.28. The number of amides is 2. The van der Waals surface area contributed by atoms with Gasteiger partial charge in [-0.25, -0.2) is 0 Å². The van der Waals surface area contributed by atoms with Crippen LogP contribution in [0.3, 0.4) is 0 Å². The maximum atomic E-state index is 13.3. The molecular weight excluding hydrogens is 362 g/mol. The van der Waals surface area contributed by atoms with E-state index < -0.39 is 0 Å². The largest absolute Gasteiger partial charge is 0.341 e. The molecule has 4 rings (SSSR count). The number of nitrogens with one attached hydrogen (secondary N) is 1. The summed E-state index contributed by atoms with van der Waals surface area (Å²) in [7, 11) is 0. The molecule has 0 bridgehead atoms. The lowest BCUT2D eigenvalue weighted by Gasteiger charge is -2.37. The van der Waals surface area contributed by atoms with Gasteiger partial charge in [0.25, 0.3) is 0 Å². The average molecular weight is 392 g/mol. The summed E-state index contributed by atoms with van der Waals surface area (Å²) in [6.45, 7) is 4.67. The van der Waals surface area contributed by atoms with Gasteiger partial charge in [0.05, 0.1) is 6.54 Å². The van der Waals surface area contributed by atoms with Crippen molar-refractivity contribution < 1.29 is 9.59 Å². The zero-order valence-electron chi connectivity index (χ0n) is 17.1. The molecule has 1 saturated heterocycles. The smallest absolute Gasteiger partial charge is 0.244 e. The predicted molar refractivity (Wildman–Crippen MR) is 115 cm³/mol. The van der Waals surface area contributed by atoms with Crippen LogP contribution in [0.1, 0.15) is 42.5 Å². The van der Waals surface area contributed by atoms with Gasteiger partial charge in [0.1, 0.15) is 6.04 Å². The fourth-order valence-electron chi connectivity index (χ4n) is 4.44. The first-order chi connectivity index (χ1) is 14.2. The van der Waals surface area contributed by atoms with E-state index in [4.69, 9.17) is 0 Å². The number of hydrogen-bond donors (Lipinski definition) is 1. The zero-order chi connectivity index (χ0) is 20.2. The molecule has 2 amide bonds. The molecule has 152 valence electrons. The normalized spacial score (nSPS) is 19.1. The summed E-state index contributed by atoms with van der Waals surface area (Å²) in [5.74, 6) is 0.0623. The van der Waals surface area contributed by atoms with Crippen molar-refractivity contribution in [2.75, 3.05) is 31.5 Å². The molecule has 5 nitrogen and oxygen atoms in total. The lowest BCUT2D eigenvalue weighted by Crippen LogP contribution is -2.47. The van der Waals surface area contributed by atoms with E-state index in [2.05, 4.69) is 24.4 Å². The summed E-state index contributed by atoms with van der Waals surface area (Å²) < 4.78 is 0. The Hall–Kier alpha value is -2.66. The van der Waals surface area contributed by atoms with Gasteiger partial charge >= 0.3 is 0 Å². The second-order valence-corrected chi connectivity index (χ2v) is 7.96. The van der Waals surface area contributed by atoms with Crippen molar-refractivity contribution in [1.82, 2.24) is 9.80 Å². The van der Waals surface area contributed by atoms with Crippen LogP contribution in [0.15, 0.2) is 48.5 Å². The number of carbonyl (C=O) groups excluding carboxylic acids is 2. The summed E-state index contributed by atoms with van der Waals surface area (Å²) in [5.41, 5.74) is 4.28. The third kappa shape index (κ3) is 4.35. The number of anilines is 1. The number of likely N-dealkylation sites (tertiary alicyclic amines) is 1. The van der Waals surface area contributed by atoms with Crippen LogP contribution in [-0.4, -0.2) is 47.8 Å². The standard InChI is InChI=1S/C24H29N3O2/c1-2-18-8-7-10-20(16-18)25-22(28)17-27-15-12-19-9-3-4-11-21(19)23(27)24(29)26-13-5-6-14-26/h3-4,7-11,16,23H,2,5-6,12-15,17H2,1H3,(H,25,28). The topological polar surface area (TPSA) is 52.7 Å². The second-order valence-electron chi connectivity index (χ2n) is 7.96. The number of hydrogen-bond acceptors (Lipinski definition) is 3. The Balaban J connectivity index is 1.53. The molecule has 1 fully saturated rings. The summed E-state index contributed by atoms with van der Waals surface area (Å²) in [6, 6.07) is 15.7. The quantitative estimate of drug-likeness (QED) is 0.850. The van der Waals surface area contributed by atoms with Gasteiger partial charge in [-0.1, -0.05) is 43.3 Å². The molecule has 2 aliphatic heterocycles. The molecule has 0 saturated carbocycles. The minimum Gasteiger partial charge on any atom is -0.341 e. The van der Waals surface area contributed by atoms with Gasteiger partial charge in [0.15, 0.2) is 0 Å². The van der Waals surface area contributed by atoms with Crippen LogP contribution in [0.5, 0.6) is 0 Å². The molecule has 2 heterocycles. The van der Waals surface area contributed by atoms with Gasteiger partial charge in [-0.15, -0.1) is 0 Å². The van der Waals surface area contributed by atoms with E-state index in [1.807, 2.05) is 46.2 Å². The van der Waals surface area contributed by atoms with E-state index in [1.165, 1.54) is 11.1 Å². The summed E-state index contributed by atoms with van der Waals surface area (Å²) >= 11 is 0. The molecule has 0 aromatic heterocycles. The highest BCUT2D eigenvalue weighted by molar-refractivity contribution is 5.93. The molecule has 0 aliphatic carbocycles. The Bertz CT molecular complexity index is 889. The Morgan fingerprint density at radius 1 is 1.03 bits per heavy atom. The molecule has 1 atom stereocenters. The highest BCUT2D eigenvalue weighted by atomic mass is 16.2. The fraction of sp³-hybridized carbons (Fsp3) is 0.417. The summed E-state index contributed by atoms with van der Waals surface area (Å²) in [5, 5.41) is 3.01. The van der Waals surface area contributed by atoms with Crippen molar-refractivity contribution >= 4 is 17.5 Å². The van der Waals surface area contributed by atoms with Crippen molar-refractivity contribution in [2.45, 2.75) is 38.6 Å². The monoisotopic (exact) mass is 391 g/mol. The van der Waals surface area contributed by atoms with E-state index in [0.29, 0.717) is 6.54 Å². The third-order valence-corrected chi connectivity index (χ3v) is 6.00. The minimum absolute atomic E-state index is 0.0724. The van der Waals surface area contributed by atoms with Crippen LogP contribution in [0.2, 0.25) is 0 Å². The van der Waals surface area contributed by atoms with Crippen LogP contribution in [0, 0.1) is 0 Å². The van der Waals surface area contributed by atoms with E-state index in [9.17, 15) is 9.59 Å². The molecule has 1 unspecified atom stereocenters. The molecule has 1 N–H and O–H groups in total. The van der Waals surface area contributed by atoms with E-state index in [0.717, 1.165) is 50.0 Å². The lowest BCUT2D eigenvalue weighted by molar-refractivity contribution is -0.137. The molecular formula is C24H29N3O2. The minimum atomic E-state index is -0.370. The number of aryl methyl sites for hydroxylation is 1. The first-order valence-corrected chi connectivity index (χ1v) is 10.6. The third-order valence-electron chi connectivity index (χ3n) is 6.00. The number of rotatable bonds is 5. The Labute approximate surface area is 172 Å². The van der Waals surface area contributed by atoms with E-state index in [-0.39, 0.29) is 24.4 Å². The number of nitrogens with zero attached hydrogens (tertiary/aromatic N) is 2. The van der Waals surface area contributed by atoms with Crippen LogP contribution in [0.4, 0.5) is 5.69 Å². The van der Waals surface area contributed by atoms with Crippen LogP contribution >= 0.6 is 0 Å². The van der Waals surface area contributed by atoms with Crippen molar-refractivity contribution in [2.24, 2.45) is 0 Å². The summed E-state index contributed by atoms with van der Waals surface area (Å²) in [4.78, 5) is 30.2. The van der Waals surface area contributed by atoms with Gasteiger partial charge < -0.3 is 10.2 Å². The van der Waals surface area contributed by atoms with Crippen LogP contribution < -0.4 is 5.32 Å². The fourth-order valence-corrected chi connectivity index (χ4v) is 4.44. The first-order valence-electron chi connectivity index (χ1n) is 10.6. The van der Waals surface area contributed by atoms with Crippen LogP contribution in [0.25, 0.3) is 0 Å². The van der Waals surface area contributed by atoms with Crippen molar-refractivity contribution in [1.29, 1.82) is 0 Å². The highest BCUT2D eigenvalue weighted by Gasteiger charge is 2.37. The highest BCUT2D eigenvalue weighted by Crippen LogP contribution is 2.32. The molecule has 0 radical (unpaired) electrons. The zero-order valence-corrected chi connectivity index (χ0v) is 17.1. The SMILES string of the molecule is CCc1cccc(NC(=O)CN2CCc3ccccc3C2C(=O)N2CCCC2)c1. The Morgan fingerprint density at radius 3 is 2.62 bits per heavy atom. The summed E-state index contributed by atoms with van der Waals surface area (Å²) in [6.07, 6.45) is 3.92. The molecule has 2 aromatic rings. The first kappa shape index (κ1) is 19.6. The van der Waals surface area contributed by atoms with Crippen molar-refractivity contribution in [3.63, 3.8) is 0 Å². The molecule has 0 spiro atoms. The Kier molecular flexibility index (Phi) is 5.95. The number of fused-ring (bicyclic) bond motifs is 1. The predicted octanol–water partition coefficient (Wildman–Crippen LogP) is 3.41. The second kappa shape index (κ2) is 8.78. The Morgan fingerprint density at radius 2 is 1.83 bits per heavy atom. The van der Waals surface area contributed by atoms with E-state index in [1.54, 1.807) is 0 Å². The van der Waals surface area contributed by atoms with Crippen molar-refractivity contribution in [3.8, 4) is 0 Å². The molecule has 2 aromatic carbocycles.